The molecule has 2 heterocycles. The minimum absolute atomic E-state index is 0.610. The largest absolute Gasteiger partial charge is 0.486 e. The predicted octanol–water partition coefficient (Wildman–Crippen LogP) is 2.30. The first-order valence-corrected chi connectivity index (χ1v) is 6.74. The lowest BCUT2D eigenvalue weighted by Crippen LogP contribution is -2.15. The molecule has 3 rings (SSSR count). The van der Waals surface area contributed by atoms with Crippen LogP contribution in [0.25, 0.3) is 10.6 Å². The summed E-state index contributed by atoms with van der Waals surface area (Å²) in [5.41, 5.74) is 2.14. The fourth-order valence-electron chi connectivity index (χ4n) is 1.88. The molecular weight excluding hydrogens is 248 g/mol. The van der Waals surface area contributed by atoms with Crippen LogP contribution in [0.1, 0.15) is 5.69 Å². The number of aromatic nitrogens is 1. The van der Waals surface area contributed by atoms with E-state index in [1.807, 2.05) is 25.2 Å². The standard InChI is InChI=1S/C13H14N2O2S/c1-14-7-10-8-18-13(15-10)9-2-3-11-12(6-9)17-5-4-16-11/h2-3,6,8,14H,4-5,7H2,1H3. The molecule has 0 saturated heterocycles. The van der Waals surface area contributed by atoms with E-state index in [1.165, 1.54) is 0 Å². The Balaban J connectivity index is 1.91. The number of hydrogen-bond donors (Lipinski definition) is 1. The minimum atomic E-state index is 0.610. The first kappa shape index (κ1) is 11.5. The maximum atomic E-state index is 5.58. The maximum absolute atomic E-state index is 5.58. The first-order chi connectivity index (χ1) is 8.86. The lowest BCUT2D eigenvalue weighted by atomic mass is 10.2. The molecule has 0 spiro atoms. The molecule has 1 N–H and O–H groups in total. The van der Waals surface area contributed by atoms with Crippen LogP contribution >= 0.6 is 11.3 Å². The van der Waals surface area contributed by atoms with E-state index in [2.05, 4.69) is 15.7 Å². The van der Waals surface area contributed by atoms with Gasteiger partial charge in [0.1, 0.15) is 18.2 Å². The molecule has 18 heavy (non-hydrogen) atoms. The van der Waals surface area contributed by atoms with Gasteiger partial charge in [0.25, 0.3) is 0 Å². The van der Waals surface area contributed by atoms with E-state index < -0.39 is 0 Å². The molecule has 0 bridgehead atoms. The number of fused-ring (bicyclic) bond motifs is 1. The van der Waals surface area contributed by atoms with Gasteiger partial charge >= 0.3 is 0 Å². The van der Waals surface area contributed by atoms with E-state index >= 15 is 0 Å². The highest BCUT2D eigenvalue weighted by Crippen LogP contribution is 2.35. The first-order valence-electron chi connectivity index (χ1n) is 5.86. The van der Waals surface area contributed by atoms with Crippen molar-refractivity contribution in [1.82, 2.24) is 10.3 Å². The summed E-state index contributed by atoms with van der Waals surface area (Å²) in [5.74, 6) is 1.63. The molecule has 0 amide bonds. The van der Waals surface area contributed by atoms with Crippen LogP contribution in [0.3, 0.4) is 0 Å². The van der Waals surface area contributed by atoms with Crippen molar-refractivity contribution in [3.05, 3.63) is 29.3 Å². The van der Waals surface area contributed by atoms with E-state index in [4.69, 9.17) is 9.47 Å². The third-order valence-corrected chi connectivity index (χ3v) is 3.64. The van der Waals surface area contributed by atoms with Gasteiger partial charge in [-0.3, -0.25) is 0 Å². The van der Waals surface area contributed by atoms with Crippen molar-refractivity contribution in [2.45, 2.75) is 6.54 Å². The lowest BCUT2D eigenvalue weighted by Gasteiger charge is -2.18. The maximum Gasteiger partial charge on any atom is 0.162 e. The van der Waals surface area contributed by atoms with Crippen LogP contribution in [0.4, 0.5) is 0 Å². The van der Waals surface area contributed by atoms with Crippen molar-refractivity contribution in [1.29, 1.82) is 0 Å². The highest BCUT2D eigenvalue weighted by molar-refractivity contribution is 7.13. The van der Waals surface area contributed by atoms with Crippen molar-refractivity contribution in [3.63, 3.8) is 0 Å². The van der Waals surface area contributed by atoms with Crippen LogP contribution in [-0.2, 0) is 6.54 Å². The topological polar surface area (TPSA) is 43.4 Å². The van der Waals surface area contributed by atoms with Gasteiger partial charge in [-0.05, 0) is 25.2 Å². The van der Waals surface area contributed by atoms with Crippen LogP contribution in [0.2, 0.25) is 0 Å². The van der Waals surface area contributed by atoms with Crippen LogP contribution in [0.5, 0.6) is 11.5 Å². The Morgan fingerprint density at radius 3 is 2.94 bits per heavy atom. The number of hydrogen-bond acceptors (Lipinski definition) is 5. The van der Waals surface area contributed by atoms with Crippen molar-refractivity contribution in [3.8, 4) is 22.1 Å². The highest BCUT2D eigenvalue weighted by atomic mass is 32.1. The molecule has 0 fully saturated rings. The molecule has 94 valence electrons. The van der Waals surface area contributed by atoms with Crippen LogP contribution in [-0.4, -0.2) is 25.2 Å². The average Bonchev–Trinajstić information content (AvgIpc) is 2.87. The summed E-state index contributed by atoms with van der Waals surface area (Å²) < 4.78 is 11.1. The average molecular weight is 262 g/mol. The zero-order valence-corrected chi connectivity index (χ0v) is 10.9. The Hall–Kier alpha value is -1.59. The number of benzene rings is 1. The fourth-order valence-corrected chi connectivity index (χ4v) is 2.69. The van der Waals surface area contributed by atoms with Crippen molar-refractivity contribution < 1.29 is 9.47 Å². The Bertz CT molecular complexity index is 554. The third-order valence-electron chi connectivity index (χ3n) is 2.70. The van der Waals surface area contributed by atoms with Gasteiger partial charge in [0, 0.05) is 17.5 Å². The predicted molar refractivity (Wildman–Crippen MR) is 71.3 cm³/mol. The second kappa shape index (κ2) is 4.96. The lowest BCUT2D eigenvalue weighted by molar-refractivity contribution is 0.171. The number of ether oxygens (including phenoxy) is 2. The molecule has 2 aromatic rings. The van der Waals surface area contributed by atoms with Gasteiger partial charge in [-0.15, -0.1) is 11.3 Å². The van der Waals surface area contributed by atoms with Crippen LogP contribution < -0.4 is 14.8 Å². The molecule has 0 atom stereocenters. The van der Waals surface area contributed by atoms with Gasteiger partial charge in [-0.2, -0.15) is 0 Å². The number of thiazole rings is 1. The van der Waals surface area contributed by atoms with E-state index in [1.54, 1.807) is 11.3 Å². The molecule has 0 unspecified atom stereocenters. The molecule has 1 aliphatic heterocycles. The third kappa shape index (κ3) is 2.19. The van der Waals surface area contributed by atoms with Crippen molar-refractivity contribution >= 4 is 11.3 Å². The summed E-state index contributed by atoms with van der Waals surface area (Å²) >= 11 is 1.65. The van der Waals surface area contributed by atoms with E-state index in [0.717, 1.165) is 34.3 Å². The Morgan fingerprint density at radius 1 is 1.28 bits per heavy atom. The second-order valence-electron chi connectivity index (χ2n) is 4.03. The molecule has 0 radical (unpaired) electrons. The normalized spacial score (nSPS) is 13.6. The van der Waals surface area contributed by atoms with Gasteiger partial charge in [0.05, 0.1) is 5.69 Å². The van der Waals surface area contributed by atoms with Crippen LogP contribution in [0, 0.1) is 0 Å². The summed E-state index contributed by atoms with van der Waals surface area (Å²) in [6, 6.07) is 5.97. The number of rotatable bonds is 3. The van der Waals surface area contributed by atoms with E-state index in [-0.39, 0.29) is 0 Å². The monoisotopic (exact) mass is 262 g/mol. The Kier molecular flexibility index (Phi) is 3.17. The highest BCUT2D eigenvalue weighted by Gasteiger charge is 2.13. The quantitative estimate of drug-likeness (QED) is 0.921. The van der Waals surface area contributed by atoms with E-state index in [9.17, 15) is 0 Å². The summed E-state index contributed by atoms with van der Waals surface area (Å²) in [6.45, 7) is 2.02. The molecule has 1 aromatic carbocycles. The van der Waals surface area contributed by atoms with E-state index in [0.29, 0.717) is 13.2 Å². The zero-order valence-electron chi connectivity index (χ0n) is 10.1. The molecule has 1 aromatic heterocycles. The van der Waals surface area contributed by atoms with Crippen molar-refractivity contribution in [2.75, 3.05) is 20.3 Å². The Morgan fingerprint density at radius 2 is 2.11 bits per heavy atom. The Labute approximate surface area is 110 Å². The molecular formula is C13H14N2O2S. The summed E-state index contributed by atoms with van der Waals surface area (Å²) in [5, 5.41) is 6.18. The summed E-state index contributed by atoms with van der Waals surface area (Å²) in [7, 11) is 1.92. The van der Waals surface area contributed by atoms with Gasteiger partial charge in [0.2, 0.25) is 0 Å². The SMILES string of the molecule is CNCc1csc(-c2ccc3c(c2)OCCO3)n1. The summed E-state index contributed by atoms with van der Waals surface area (Å²) in [4.78, 5) is 4.58. The molecule has 5 heteroatoms. The van der Waals surface area contributed by atoms with Gasteiger partial charge < -0.3 is 14.8 Å². The van der Waals surface area contributed by atoms with Gasteiger partial charge in [-0.25, -0.2) is 4.98 Å². The summed E-state index contributed by atoms with van der Waals surface area (Å²) in [6.07, 6.45) is 0. The smallest absolute Gasteiger partial charge is 0.162 e. The second-order valence-corrected chi connectivity index (χ2v) is 4.89. The molecule has 1 aliphatic rings. The van der Waals surface area contributed by atoms with Crippen LogP contribution in [0.15, 0.2) is 23.6 Å². The molecule has 0 aliphatic carbocycles. The zero-order chi connectivity index (χ0) is 12.4. The molecule has 0 saturated carbocycles. The minimum Gasteiger partial charge on any atom is -0.486 e. The molecule has 4 nitrogen and oxygen atoms in total. The fraction of sp³-hybridized carbons (Fsp3) is 0.308. The number of nitrogens with zero attached hydrogens (tertiary/aromatic N) is 1. The van der Waals surface area contributed by atoms with Gasteiger partial charge in [0.15, 0.2) is 11.5 Å². The van der Waals surface area contributed by atoms with Gasteiger partial charge in [-0.1, -0.05) is 0 Å². The number of nitrogens with one attached hydrogen (secondary N) is 1. The van der Waals surface area contributed by atoms with Crippen molar-refractivity contribution in [2.24, 2.45) is 0 Å².